The van der Waals surface area contributed by atoms with Crippen LogP contribution in [0.1, 0.15) is 11.1 Å². The van der Waals surface area contributed by atoms with E-state index in [2.05, 4.69) is 5.32 Å². The van der Waals surface area contributed by atoms with Gasteiger partial charge in [0.15, 0.2) is 0 Å². The van der Waals surface area contributed by atoms with Crippen LogP contribution in [0.2, 0.25) is 0 Å². The predicted molar refractivity (Wildman–Crippen MR) is 99.7 cm³/mol. The van der Waals surface area contributed by atoms with E-state index in [4.69, 9.17) is 4.74 Å². The monoisotopic (exact) mass is 371 g/mol. The Balaban J connectivity index is 1.60. The van der Waals surface area contributed by atoms with Crippen molar-refractivity contribution < 1.29 is 18.7 Å². The highest BCUT2D eigenvalue weighted by molar-refractivity contribution is 5.87. The lowest BCUT2D eigenvalue weighted by Gasteiger charge is -2.21. The van der Waals surface area contributed by atoms with Crippen LogP contribution in [0.4, 0.5) is 14.9 Å². The Morgan fingerprint density at radius 1 is 1.15 bits per heavy atom. The second-order valence-corrected chi connectivity index (χ2v) is 6.63. The first-order valence-electron chi connectivity index (χ1n) is 8.66. The van der Waals surface area contributed by atoms with E-state index in [-0.39, 0.29) is 24.9 Å². The number of ether oxygens (including phenoxy) is 1. The summed E-state index contributed by atoms with van der Waals surface area (Å²) in [5, 5.41) is 2.85. The Bertz CT molecular complexity index is 806. The Labute approximate surface area is 157 Å². The average molecular weight is 371 g/mol. The first-order chi connectivity index (χ1) is 12.9. The molecule has 1 saturated heterocycles. The van der Waals surface area contributed by atoms with Gasteiger partial charge in [0.1, 0.15) is 18.5 Å². The number of rotatable bonds is 6. The van der Waals surface area contributed by atoms with Gasteiger partial charge in [0.2, 0.25) is 5.91 Å². The van der Waals surface area contributed by atoms with Crippen molar-refractivity contribution in [3.8, 4) is 0 Å². The molecule has 6 nitrogen and oxygen atoms in total. The Hall–Kier alpha value is -3.09. The molecule has 3 rings (SSSR count). The van der Waals surface area contributed by atoms with E-state index in [0.29, 0.717) is 6.54 Å². The number of nitrogens with one attached hydrogen (secondary N) is 1. The molecule has 1 aliphatic heterocycles. The molecule has 1 fully saturated rings. The summed E-state index contributed by atoms with van der Waals surface area (Å²) < 4.78 is 18.1. The number of amides is 2. The van der Waals surface area contributed by atoms with Gasteiger partial charge in [0.05, 0.1) is 6.54 Å². The molecule has 7 heteroatoms. The zero-order valence-electron chi connectivity index (χ0n) is 15.3. The number of benzene rings is 2. The van der Waals surface area contributed by atoms with Crippen molar-refractivity contribution in [3.63, 3.8) is 0 Å². The molecule has 0 aromatic heterocycles. The number of nitrogens with zero attached hydrogens (tertiary/aromatic N) is 2. The third-order valence-corrected chi connectivity index (χ3v) is 4.46. The maximum atomic E-state index is 13.0. The highest BCUT2D eigenvalue weighted by Gasteiger charge is 2.37. The van der Waals surface area contributed by atoms with Crippen molar-refractivity contribution in [2.45, 2.75) is 19.1 Å². The maximum Gasteiger partial charge on any atom is 0.410 e. The van der Waals surface area contributed by atoms with Crippen LogP contribution < -0.4 is 10.2 Å². The van der Waals surface area contributed by atoms with Gasteiger partial charge in [-0.15, -0.1) is 0 Å². The fourth-order valence-electron chi connectivity index (χ4n) is 2.85. The smallest absolute Gasteiger partial charge is 0.410 e. The minimum atomic E-state index is -0.705. The molecule has 0 spiro atoms. The number of carbonyl (C=O) groups is 2. The van der Waals surface area contributed by atoms with Gasteiger partial charge < -0.3 is 15.0 Å². The third-order valence-electron chi connectivity index (χ3n) is 4.46. The molecule has 1 atom stereocenters. The Kier molecular flexibility index (Phi) is 5.59. The maximum absolute atomic E-state index is 13.0. The van der Waals surface area contributed by atoms with Gasteiger partial charge in [-0.25, -0.2) is 9.18 Å². The van der Waals surface area contributed by atoms with Gasteiger partial charge in [0.25, 0.3) is 0 Å². The molecular formula is C20H22FN3O3. The number of hydrogen-bond donors (Lipinski definition) is 1. The summed E-state index contributed by atoms with van der Waals surface area (Å²) >= 11 is 0. The van der Waals surface area contributed by atoms with E-state index >= 15 is 0 Å². The molecule has 1 N–H and O–H groups in total. The van der Waals surface area contributed by atoms with Crippen molar-refractivity contribution in [1.82, 2.24) is 10.2 Å². The predicted octanol–water partition coefficient (Wildman–Crippen LogP) is 2.53. The van der Waals surface area contributed by atoms with E-state index in [1.807, 2.05) is 43.3 Å². The van der Waals surface area contributed by atoms with Crippen LogP contribution in [0.25, 0.3) is 0 Å². The highest BCUT2D eigenvalue weighted by Crippen LogP contribution is 2.18. The largest absolute Gasteiger partial charge is 0.447 e. The van der Waals surface area contributed by atoms with Gasteiger partial charge in [-0.1, -0.05) is 24.3 Å². The van der Waals surface area contributed by atoms with Crippen LogP contribution in [-0.4, -0.2) is 43.6 Å². The standard InChI is InChI=1S/C20H22FN3O3/c1-23(2)17-9-5-14(6-10-17)11-22-19(25)18-13-27-20(26)24(18)12-15-3-7-16(21)8-4-15/h3-10,18H,11-13H2,1-2H3,(H,22,25)/t18-/m0/s1. The minimum Gasteiger partial charge on any atom is -0.447 e. The SMILES string of the molecule is CN(C)c1ccc(CNC(=O)[C@@H]2COC(=O)N2Cc2ccc(F)cc2)cc1. The molecule has 1 heterocycles. The molecule has 2 aromatic carbocycles. The molecule has 142 valence electrons. The van der Waals surface area contributed by atoms with E-state index < -0.39 is 12.1 Å². The Morgan fingerprint density at radius 2 is 1.78 bits per heavy atom. The first-order valence-corrected chi connectivity index (χ1v) is 8.66. The summed E-state index contributed by atoms with van der Waals surface area (Å²) in [5.74, 6) is -0.628. The van der Waals surface area contributed by atoms with Gasteiger partial charge in [-0.3, -0.25) is 9.69 Å². The van der Waals surface area contributed by atoms with E-state index in [1.165, 1.54) is 17.0 Å². The van der Waals surface area contributed by atoms with E-state index in [9.17, 15) is 14.0 Å². The summed E-state index contributed by atoms with van der Waals surface area (Å²) in [7, 11) is 3.92. The van der Waals surface area contributed by atoms with Gasteiger partial charge in [-0.05, 0) is 35.4 Å². The molecule has 0 aliphatic carbocycles. The second kappa shape index (κ2) is 8.07. The lowest BCUT2D eigenvalue weighted by molar-refractivity contribution is -0.125. The van der Waals surface area contributed by atoms with Crippen LogP contribution in [-0.2, 0) is 22.6 Å². The van der Waals surface area contributed by atoms with Crippen molar-refractivity contribution in [2.24, 2.45) is 0 Å². The third kappa shape index (κ3) is 4.55. The normalized spacial score (nSPS) is 16.2. The van der Waals surface area contributed by atoms with Crippen molar-refractivity contribution in [1.29, 1.82) is 0 Å². The molecule has 0 saturated carbocycles. The van der Waals surface area contributed by atoms with Crippen molar-refractivity contribution in [3.05, 3.63) is 65.5 Å². The molecule has 0 unspecified atom stereocenters. The lowest BCUT2D eigenvalue weighted by Crippen LogP contribution is -2.45. The molecule has 2 amide bonds. The summed E-state index contributed by atoms with van der Waals surface area (Å²) in [6, 6.07) is 13.0. The molecule has 27 heavy (non-hydrogen) atoms. The second-order valence-electron chi connectivity index (χ2n) is 6.63. The molecule has 0 bridgehead atoms. The van der Waals surface area contributed by atoms with Crippen molar-refractivity contribution in [2.75, 3.05) is 25.6 Å². The van der Waals surface area contributed by atoms with Crippen molar-refractivity contribution >= 4 is 17.7 Å². The molecule has 1 aliphatic rings. The van der Waals surface area contributed by atoms with Crippen LogP contribution in [0.5, 0.6) is 0 Å². The topological polar surface area (TPSA) is 61.9 Å². The highest BCUT2D eigenvalue weighted by atomic mass is 19.1. The lowest BCUT2D eigenvalue weighted by atomic mass is 10.1. The first kappa shape index (κ1) is 18.7. The van der Waals surface area contributed by atoms with Gasteiger partial charge in [-0.2, -0.15) is 0 Å². The van der Waals surface area contributed by atoms with Crippen LogP contribution >= 0.6 is 0 Å². The number of hydrogen-bond acceptors (Lipinski definition) is 4. The zero-order valence-corrected chi connectivity index (χ0v) is 15.3. The molecule has 0 radical (unpaired) electrons. The summed E-state index contributed by atoms with van der Waals surface area (Å²) in [5.41, 5.74) is 2.77. The fourth-order valence-corrected chi connectivity index (χ4v) is 2.85. The number of carbonyl (C=O) groups excluding carboxylic acids is 2. The van der Waals surface area contributed by atoms with E-state index in [1.54, 1.807) is 12.1 Å². The van der Waals surface area contributed by atoms with Gasteiger partial charge >= 0.3 is 6.09 Å². The molecular weight excluding hydrogens is 349 g/mol. The molecule has 2 aromatic rings. The minimum absolute atomic E-state index is 0.00539. The summed E-state index contributed by atoms with van der Waals surface area (Å²) in [6.45, 7) is 0.557. The number of cyclic esters (lactones) is 1. The van der Waals surface area contributed by atoms with Crippen LogP contribution in [0.3, 0.4) is 0 Å². The van der Waals surface area contributed by atoms with E-state index in [0.717, 1.165) is 16.8 Å². The van der Waals surface area contributed by atoms with Crippen LogP contribution in [0.15, 0.2) is 48.5 Å². The quantitative estimate of drug-likeness (QED) is 0.848. The average Bonchev–Trinajstić information content (AvgIpc) is 3.02. The zero-order chi connectivity index (χ0) is 19.4. The fraction of sp³-hybridized carbons (Fsp3) is 0.300. The van der Waals surface area contributed by atoms with Crippen LogP contribution in [0, 0.1) is 5.82 Å². The summed E-state index contributed by atoms with van der Waals surface area (Å²) in [6.07, 6.45) is -0.546. The number of halogens is 1. The van der Waals surface area contributed by atoms with Gasteiger partial charge in [0, 0.05) is 26.3 Å². The number of anilines is 1. The Morgan fingerprint density at radius 3 is 2.41 bits per heavy atom. The summed E-state index contributed by atoms with van der Waals surface area (Å²) in [4.78, 5) is 27.9.